The minimum absolute atomic E-state index is 0.0406. The van der Waals surface area contributed by atoms with Crippen molar-refractivity contribution in [1.29, 1.82) is 0 Å². The van der Waals surface area contributed by atoms with Gasteiger partial charge in [-0.05, 0) is 24.6 Å². The van der Waals surface area contributed by atoms with E-state index in [1.165, 1.54) is 12.2 Å². The lowest BCUT2D eigenvalue weighted by Crippen LogP contribution is -2.30. The van der Waals surface area contributed by atoms with Crippen LogP contribution >= 0.6 is 0 Å². The summed E-state index contributed by atoms with van der Waals surface area (Å²) in [6.45, 7) is 2.42. The van der Waals surface area contributed by atoms with Gasteiger partial charge >= 0.3 is 0 Å². The second kappa shape index (κ2) is 5.34. The second-order valence-electron chi connectivity index (χ2n) is 2.80. The van der Waals surface area contributed by atoms with E-state index in [9.17, 15) is 4.79 Å². The van der Waals surface area contributed by atoms with Crippen LogP contribution in [0, 0.1) is 0 Å². The maximum atomic E-state index is 11.6. The highest BCUT2D eigenvalue weighted by Gasteiger charge is 2.10. The lowest BCUT2D eigenvalue weighted by Gasteiger charge is -2.17. The van der Waals surface area contributed by atoms with E-state index < -0.39 is 0 Å². The van der Waals surface area contributed by atoms with Crippen LogP contribution in [0.2, 0.25) is 0 Å². The average molecular weight is 194 g/mol. The Morgan fingerprint density at radius 3 is 2.64 bits per heavy atom. The number of carbonyl (C=O) groups is 1. The van der Waals surface area contributed by atoms with Crippen molar-refractivity contribution in [2.75, 3.05) is 13.7 Å². The van der Waals surface area contributed by atoms with Crippen molar-refractivity contribution in [3.05, 3.63) is 30.1 Å². The van der Waals surface area contributed by atoms with E-state index in [2.05, 4.69) is 4.98 Å². The van der Waals surface area contributed by atoms with Gasteiger partial charge in [-0.15, -0.1) is 0 Å². The predicted molar refractivity (Wildman–Crippen MR) is 52.3 cm³/mol. The van der Waals surface area contributed by atoms with Gasteiger partial charge in [0.15, 0.2) is 0 Å². The fourth-order valence-electron chi connectivity index (χ4n) is 1.17. The molecule has 1 rings (SSSR count). The van der Waals surface area contributed by atoms with Gasteiger partial charge < -0.3 is 0 Å². The summed E-state index contributed by atoms with van der Waals surface area (Å²) in [6, 6.07) is 3.64. The summed E-state index contributed by atoms with van der Waals surface area (Å²) >= 11 is 0. The minimum Gasteiger partial charge on any atom is -0.274 e. The summed E-state index contributed by atoms with van der Waals surface area (Å²) in [5.74, 6) is -0.0406. The van der Waals surface area contributed by atoms with Crippen molar-refractivity contribution >= 4 is 5.91 Å². The average Bonchev–Trinajstić information content (AvgIpc) is 2.21. The molecule has 0 aliphatic carbocycles. The molecular weight excluding hydrogens is 180 g/mol. The summed E-state index contributed by atoms with van der Waals surface area (Å²) in [4.78, 5) is 20.3. The lowest BCUT2D eigenvalue weighted by atomic mass is 10.2. The highest BCUT2D eigenvalue weighted by atomic mass is 16.7. The Morgan fingerprint density at radius 2 is 2.14 bits per heavy atom. The Bertz CT molecular complexity index is 283. The van der Waals surface area contributed by atoms with E-state index in [1.807, 2.05) is 19.1 Å². The Hall–Kier alpha value is -1.42. The first-order chi connectivity index (χ1) is 6.77. The molecule has 0 radical (unpaired) electrons. The molecule has 0 bridgehead atoms. The Labute approximate surface area is 83.5 Å². The summed E-state index contributed by atoms with van der Waals surface area (Å²) in [5.41, 5.74) is 0.945. The van der Waals surface area contributed by atoms with Gasteiger partial charge in [-0.3, -0.25) is 14.6 Å². The van der Waals surface area contributed by atoms with Crippen molar-refractivity contribution in [2.45, 2.75) is 13.3 Å². The molecule has 0 unspecified atom stereocenters. The van der Waals surface area contributed by atoms with Gasteiger partial charge in [-0.2, -0.15) is 0 Å². The molecular formula is C10H14N2O2. The normalized spacial score (nSPS) is 9.86. The number of nitrogens with zero attached hydrogens (tertiary/aromatic N) is 2. The second-order valence-corrected chi connectivity index (χ2v) is 2.80. The zero-order valence-electron chi connectivity index (χ0n) is 8.43. The number of aromatic nitrogens is 1. The standard InChI is InChI=1S/C10H14N2O2/c1-3-12(14-2)10(13)8-9-4-6-11-7-5-9/h4-7H,3,8H2,1-2H3. The van der Waals surface area contributed by atoms with Crippen LogP contribution in [0.4, 0.5) is 0 Å². The van der Waals surface area contributed by atoms with Crippen molar-refractivity contribution in [3.8, 4) is 0 Å². The van der Waals surface area contributed by atoms with Gasteiger partial charge in [0.2, 0.25) is 0 Å². The number of likely N-dealkylation sites (N-methyl/N-ethyl adjacent to an activating group) is 1. The summed E-state index contributed by atoms with van der Waals surface area (Å²) < 4.78 is 0. The topological polar surface area (TPSA) is 42.4 Å². The fourth-order valence-corrected chi connectivity index (χ4v) is 1.17. The van der Waals surface area contributed by atoms with Crippen LogP contribution in [-0.4, -0.2) is 29.6 Å². The van der Waals surface area contributed by atoms with Crippen LogP contribution in [-0.2, 0) is 16.1 Å². The number of carbonyl (C=O) groups excluding carboxylic acids is 1. The molecule has 0 atom stereocenters. The van der Waals surface area contributed by atoms with Gasteiger partial charge in [-0.1, -0.05) is 0 Å². The number of hydroxylamine groups is 2. The number of hydrogen-bond acceptors (Lipinski definition) is 3. The predicted octanol–water partition coefficient (Wildman–Crippen LogP) is 1.03. The zero-order chi connectivity index (χ0) is 10.4. The summed E-state index contributed by atoms with van der Waals surface area (Å²) in [7, 11) is 1.49. The summed E-state index contributed by atoms with van der Waals surface area (Å²) in [5, 5.41) is 1.33. The maximum Gasteiger partial charge on any atom is 0.250 e. The molecule has 0 aliphatic heterocycles. The lowest BCUT2D eigenvalue weighted by molar-refractivity contribution is -0.174. The SMILES string of the molecule is CCN(OC)C(=O)Cc1ccncc1. The third-order valence-corrected chi connectivity index (χ3v) is 1.89. The van der Waals surface area contributed by atoms with E-state index >= 15 is 0 Å². The van der Waals surface area contributed by atoms with E-state index in [1.54, 1.807) is 12.4 Å². The van der Waals surface area contributed by atoms with E-state index in [4.69, 9.17) is 4.84 Å². The first-order valence-corrected chi connectivity index (χ1v) is 4.51. The fraction of sp³-hybridized carbons (Fsp3) is 0.400. The van der Waals surface area contributed by atoms with Crippen LogP contribution in [0.1, 0.15) is 12.5 Å². The number of rotatable bonds is 4. The largest absolute Gasteiger partial charge is 0.274 e. The number of hydrogen-bond donors (Lipinski definition) is 0. The molecule has 0 N–H and O–H groups in total. The summed E-state index contributed by atoms with van der Waals surface area (Å²) in [6.07, 6.45) is 3.70. The van der Waals surface area contributed by atoms with Crippen molar-refractivity contribution in [1.82, 2.24) is 10.0 Å². The molecule has 0 spiro atoms. The molecule has 76 valence electrons. The van der Waals surface area contributed by atoms with Crippen LogP contribution in [0.15, 0.2) is 24.5 Å². The number of amides is 1. The van der Waals surface area contributed by atoms with Crippen LogP contribution < -0.4 is 0 Å². The quantitative estimate of drug-likeness (QED) is 0.672. The molecule has 1 aromatic rings. The van der Waals surface area contributed by atoms with Crippen molar-refractivity contribution in [2.24, 2.45) is 0 Å². The number of pyridine rings is 1. The van der Waals surface area contributed by atoms with Crippen LogP contribution in [0.3, 0.4) is 0 Å². The molecule has 1 amide bonds. The van der Waals surface area contributed by atoms with E-state index in [-0.39, 0.29) is 5.91 Å². The first kappa shape index (κ1) is 10.7. The molecule has 0 aliphatic rings. The van der Waals surface area contributed by atoms with E-state index in [0.29, 0.717) is 13.0 Å². The Morgan fingerprint density at radius 1 is 1.50 bits per heavy atom. The molecule has 0 aromatic carbocycles. The van der Waals surface area contributed by atoms with Crippen LogP contribution in [0.25, 0.3) is 0 Å². The molecule has 0 saturated heterocycles. The van der Waals surface area contributed by atoms with E-state index in [0.717, 1.165) is 5.56 Å². The highest BCUT2D eigenvalue weighted by molar-refractivity contribution is 5.77. The first-order valence-electron chi connectivity index (χ1n) is 4.51. The van der Waals surface area contributed by atoms with Gasteiger partial charge in [0.1, 0.15) is 0 Å². The van der Waals surface area contributed by atoms with Gasteiger partial charge in [0, 0.05) is 18.9 Å². The third kappa shape index (κ3) is 2.81. The van der Waals surface area contributed by atoms with Crippen molar-refractivity contribution in [3.63, 3.8) is 0 Å². The molecule has 0 saturated carbocycles. The zero-order valence-corrected chi connectivity index (χ0v) is 8.43. The molecule has 4 nitrogen and oxygen atoms in total. The van der Waals surface area contributed by atoms with Crippen LogP contribution in [0.5, 0.6) is 0 Å². The Balaban J connectivity index is 2.57. The van der Waals surface area contributed by atoms with Gasteiger partial charge in [0.25, 0.3) is 5.91 Å². The molecule has 0 fully saturated rings. The minimum atomic E-state index is -0.0406. The highest BCUT2D eigenvalue weighted by Crippen LogP contribution is 2.01. The molecule has 1 aromatic heterocycles. The molecule has 14 heavy (non-hydrogen) atoms. The van der Waals surface area contributed by atoms with Crippen molar-refractivity contribution < 1.29 is 9.63 Å². The third-order valence-electron chi connectivity index (χ3n) is 1.89. The molecule has 4 heteroatoms. The smallest absolute Gasteiger partial charge is 0.250 e. The monoisotopic (exact) mass is 194 g/mol. The van der Waals surface area contributed by atoms with Gasteiger partial charge in [-0.25, -0.2) is 5.06 Å². The maximum absolute atomic E-state index is 11.6. The van der Waals surface area contributed by atoms with Gasteiger partial charge in [0.05, 0.1) is 13.5 Å². The molecule has 1 heterocycles. The Kier molecular flexibility index (Phi) is 4.07.